The first-order valence-corrected chi connectivity index (χ1v) is 5.71. The van der Waals surface area contributed by atoms with Gasteiger partial charge in [-0.1, -0.05) is 13.3 Å². The lowest BCUT2D eigenvalue weighted by atomic mass is 10.1. The fourth-order valence-electron chi connectivity index (χ4n) is 1.58. The summed E-state index contributed by atoms with van der Waals surface area (Å²) in [7, 11) is 1.58. The summed E-state index contributed by atoms with van der Waals surface area (Å²) in [6, 6.07) is 3.33. The zero-order valence-corrected chi connectivity index (χ0v) is 10.6. The summed E-state index contributed by atoms with van der Waals surface area (Å²) >= 11 is 0. The van der Waals surface area contributed by atoms with Gasteiger partial charge in [0.1, 0.15) is 0 Å². The Labute approximate surface area is 102 Å². The smallest absolute Gasteiger partial charge is 0.248 e. The summed E-state index contributed by atoms with van der Waals surface area (Å²) in [6.07, 6.45) is 2.01. The lowest BCUT2D eigenvalue weighted by Crippen LogP contribution is -2.12. The van der Waals surface area contributed by atoms with Crippen molar-refractivity contribution >= 4 is 5.91 Å². The first kappa shape index (κ1) is 13.4. The molecule has 0 spiro atoms. The Bertz CT molecular complexity index is 402. The fourth-order valence-corrected chi connectivity index (χ4v) is 1.58. The molecule has 0 aliphatic carbocycles. The third kappa shape index (κ3) is 3.37. The van der Waals surface area contributed by atoms with Crippen LogP contribution in [0.5, 0.6) is 11.5 Å². The second kappa shape index (κ2) is 6.13. The van der Waals surface area contributed by atoms with E-state index in [1.165, 1.54) is 0 Å². The lowest BCUT2D eigenvalue weighted by Gasteiger charge is -2.13. The molecule has 0 bridgehead atoms. The Morgan fingerprint density at radius 3 is 2.65 bits per heavy atom. The van der Waals surface area contributed by atoms with E-state index in [1.54, 1.807) is 19.2 Å². The Balaban J connectivity index is 3.01. The van der Waals surface area contributed by atoms with E-state index < -0.39 is 5.91 Å². The Hall–Kier alpha value is -1.71. The van der Waals surface area contributed by atoms with Crippen LogP contribution in [0.1, 0.15) is 35.7 Å². The van der Waals surface area contributed by atoms with Gasteiger partial charge in [0.15, 0.2) is 11.5 Å². The van der Waals surface area contributed by atoms with Crippen LogP contribution in [0.25, 0.3) is 0 Å². The Kier molecular flexibility index (Phi) is 4.82. The number of rotatable bonds is 6. The first-order chi connectivity index (χ1) is 8.10. The molecule has 1 aromatic rings. The third-order valence-corrected chi connectivity index (χ3v) is 2.48. The van der Waals surface area contributed by atoms with Crippen molar-refractivity contribution < 1.29 is 14.3 Å². The van der Waals surface area contributed by atoms with Crippen molar-refractivity contribution in [1.29, 1.82) is 0 Å². The molecule has 0 aliphatic rings. The number of methoxy groups -OCH3 is 1. The number of carbonyl (C=O) groups excluding carboxylic acids is 1. The van der Waals surface area contributed by atoms with E-state index in [0.717, 1.165) is 18.4 Å². The van der Waals surface area contributed by atoms with Crippen molar-refractivity contribution in [1.82, 2.24) is 0 Å². The summed E-state index contributed by atoms with van der Waals surface area (Å²) in [5.74, 6) is 0.775. The van der Waals surface area contributed by atoms with E-state index in [4.69, 9.17) is 15.2 Å². The normalized spacial score (nSPS) is 10.1. The van der Waals surface area contributed by atoms with Crippen LogP contribution in [0.15, 0.2) is 12.1 Å². The number of unbranched alkanes of at least 4 members (excludes halogenated alkanes) is 1. The van der Waals surface area contributed by atoms with E-state index in [0.29, 0.717) is 23.7 Å². The van der Waals surface area contributed by atoms with Gasteiger partial charge >= 0.3 is 0 Å². The van der Waals surface area contributed by atoms with Gasteiger partial charge in [-0.15, -0.1) is 0 Å². The number of carbonyl (C=O) groups is 1. The monoisotopic (exact) mass is 237 g/mol. The average Bonchev–Trinajstić information content (AvgIpc) is 2.28. The van der Waals surface area contributed by atoms with E-state index in [9.17, 15) is 4.79 Å². The molecule has 0 atom stereocenters. The van der Waals surface area contributed by atoms with Crippen LogP contribution in [0.2, 0.25) is 0 Å². The highest BCUT2D eigenvalue weighted by molar-refractivity contribution is 5.93. The molecule has 0 saturated heterocycles. The molecule has 0 heterocycles. The van der Waals surface area contributed by atoms with Gasteiger partial charge < -0.3 is 15.2 Å². The van der Waals surface area contributed by atoms with Crippen molar-refractivity contribution in [3.05, 3.63) is 23.3 Å². The largest absolute Gasteiger partial charge is 0.493 e. The number of amides is 1. The van der Waals surface area contributed by atoms with Gasteiger partial charge in [0.05, 0.1) is 13.7 Å². The summed E-state index contributed by atoms with van der Waals surface area (Å²) in [6.45, 7) is 4.55. The zero-order chi connectivity index (χ0) is 12.8. The second-order valence-electron chi connectivity index (χ2n) is 3.89. The minimum atomic E-state index is -0.462. The fraction of sp³-hybridized carbons (Fsp3) is 0.462. The molecule has 1 rings (SSSR count). The molecule has 17 heavy (non-hydrogen) atoms. The average molecular weight is 237 g/mol. The minimum absolute atomic E-state index is 0.440. The molecule has 1 aromatic carbocycles. The van der Waals surface area contributed by atoms with Gasteiger partial charge in [-0.3, -0.25) is 4.79 Å². The molecule has 2 N–H and O–H groups in total. The summed E-state index contributed by atoms with van der Waals surface area (Å²) in [5.41, 5.74) is 6.55. The van der Waals surface area contributed by atoms with Gasteiger partial charge in [0, 0.05) is 5.56 Å². The van der Waals surface area contributed by atoms with E-state index in [-0.39, 0.29) is 0 Å². The van der Waals surface area contributed by atoms with E-state index in [1.807, 2.05) is 6.92 Å². The first-order valence-electron chi connectivity index (χ1n) is 5.71. The quantitative estimate of drug-likeness (QED) is 0.772. The molecule has 4 heteroatoms. The highest BCUT2D eigenvalue weighted by Gasteiger charge is 2.12. The van der Waals surface area contributed by atoms with Crippen molar-refractivity contribution in [2.24, 2.45) is 5.73 Å². The number of primary amides is 1. The molecule has 0 aromatic heterocycles. The van der Waals surface area contributed by atoms with Gasteiger partial charge in [-0.2, -0.15) is 0 Å². The molecule has 0 aliphatic heterocycles. The summed E-state index contributed by atoms with van der Waals surface area (Å²) in [4.78, 5) is 11.2. The maximum Gasteiger partial charge on any atom is 0.248 e. The van der Waals surface area contributed by atoms with E-state index >= 15 is 0 Å². The van der Waals surface area contributed by atoms with Gasteiger partial charge in [-0.25, -0.2) is 0 Å². The van der Waals surface area contributed by atoms with Crippen molar-refractivity contribution in [2.45, 2.75) is 26.7 Å². The topological polar surface area (TPSA) is 61.5 Å². The maximum atomic E-state index is 11.2. The summed E-state index contributed by atoms with van der Waals surface area (Å²) < 4.78 is 10.9. The minimum Gasteiger partial charge on any atom is -0.493 e. The third-order valence-electron chi connectivity index (χ3n) is 2.48. The van der Waals surface area contributed by atoms with Crippen molar-refractivity contribution in [3.8, 4) is 11.5 Å². The van der Waals surface area contributed by atoms with Gasteiger partial charge in [0.2, 0.25) is 5.91 Å². The molecular weight excluding hydrogens is 218 g/mol. The van der Waals surface area contributed by atoms with Crippen LogP contribution in [-0.2, 0) is 0 Å². The number of benzene rings is 1. The maximum absolute atomic E-state index is 11.2. The Morgan fingerprint density at radius 1 is 1.41 bits per heavy atom. The van der Waals surface area contributed by atoms with Gasteiger partial charge in [-0.05, 0) is 31.0 Å². The molecule has 1 amide bonds. The van der Waals surface area contributed by atoms with Gasteiger partial charge in [0.25, 0.3) is 0 Å². The second-order valence-corrected chi connectivity index (χ2v) is 3.89. The number of aryl methyl sites for hydroxylation is 1. The molecule has 0 unspecified atom stereocenters. The molecule has 0 radical (unpaired) electrons. The molecule has 0 fully saturated rings. The van der Waals surface area contributed by atoms with Crippen molar-refractivity contribution in [3.63, 3.8) is 0 Å². The predicted molar refractivity (Wildman–Crippen MR) is 66.7 cm³/mol. The highest BCUT2D eigenvalue weighted by Crippen LogP contribution is 2.32. The zero-order valence-electron chi connectivity index (χ0n) is 10.6. The standard InChI is InChI=1S/C13H19NO3/c1-4-5-6-17-11-8-10(13(14)15)7-9(2)12(11)16-3/h7-8H,4-6H2,1-3H3,(H2,14,15). The highest BCUT2D eigenvalue weighted by atomic mass is 16.5. The number of hydrogen-bond acceptors (Lipinski definition) is 3. The lowest BCUT2D eigenvalue weighted by molar-refractivity contribution is 0.0999. The van der Waals surface area contributed by atoms with Crippen LogP contribution in [0.4, 0.5) is 0 Å². The van der Waals surface area contributed by atoms with Crippen molar-refractivity contribution in [2.75, 3.05) is 13.7 Å². The Morgan fingerprint density at radius 2 is 2.12 bits per heavy atom. The van der Waals surface area contributed by atoms with E-state index in [2.05, 4.69) is 6.92 Å². The number of hydrogen-bond donors (Lipinski definition) is 1. The molecule has 4 nitrogen and oxygen atoms in total. The van der Waals surface area contributed by atoms with Crippen LogP contribution < -0.4 is 15.2 Å². The van der Waals surface area contributed by atoms with Crippen LogP contribution in [0, 0.1) is 6.92 Å². The SMILES string of the molecule is CCCCOc1cc(C(N)=O)cc(C)c1OC. The molecule has 0 saturated carbocycles. The molecular formula is C13H19NO3. The predicted octanol–water partition coefficient (Wildman–Crippen LogP) is 2.28. The molecule has 94 valence electrons. The van der Waals surface area contributed by atoms with Crippen LogP contribution in [0.3, 0.4) is 0 Å². The number of nitrogens with two attached hydrogens (primary N) is 1. The number of ether oxygens (including phenoxy) is 2. The summed E-state index contributed by atoms with van der Waals surface area (Å²) in [5, 5.41) is 0. The van der Waals surface area contributed by atoms with Crippen LogP contribution in [-0.4, -0.2) is 19.6 Å². The van der Waals surface area contributed by atoms with Crippen LogP contribution >= 0.6 is 0 Å².